The summed E-state index contributed by atoms with van der Waals surface area (Å²) < 4.78 is 0. The molecule has 0 unspecified atom stereocenters. The van der Waals surface area contributed by atoms with Gasteiger partial charge in [-0.2, -0.15) is 0 Å². The number of aryl methyl sites for hydroxylation is 3. The highest BCUT2D eigenvalue weighted by molar-refractivity contribution is 5.65. The van der Waals surface area contributed by atoms with Gasteiger partial charge in [-0.15, -0.1) is 0 Å². The molecule has 2 aromatic rings. The Morgan fingerprint density at radius 2 is 1.76 bits per heavy atom. The molecule has 3 nitrogen and oxygen atoms in total. The maximum absolute atomic E-state index is 5.56. The first-order valence-corrected chi connectivity index (χ1v) is 5.72. The predicted molar refractivity (Wildman–Crippen MR) is 69.6 cm³/mol. The molecule has 0 bridgehead atoms. The molecule has 0 saturated heterocycles. The van der Waals surface area contributed by atoms with Crippen molar-refractivity contribution in [2.45, 2.75) is 27.3 Å². The second-order valence-electron chi connectivity index (χ2n) is 4.31. The summed E-state index contributed by atoms with van der Waals surface area (Å²) >= 11 is 0. The summed E-state index contributed by atoms with van der Waals surface area (Å²) in [6, 6.07) is 6.29. The second-order valence-corrected chi connectivity index (χ2v) is 4.31. The topological polar surface area (TPSA) is 51.8 Å². The molecule has 0 aliphatic heterocycles. The van der Waals surface area contributed by atoms with E-state index in [9.17, 15) is 0 Å². The van der Waals surface area contributed by atoms with Crippen LogP contribution in [0.5, 0.6) is 0 Å². The molecule has 0 aliphatic rings. The highest BCUT2D eigenvalue weighted by Gasteiger charge is 2.06. The molecule has 17 heavy (non-hydrogen) atoms. The molecule has 0 radical (unpaired) electrons. The van der Waals surface area contributed by atoms with Gasteiger partial charge in [0.2, 0.25) is 0 Å². The first kappa shape index (κ1) is 11.7. The van der Waals surface area contributed by atoms with Gasteiger partial charge in [-0.25, -0.2) is 9.97 Å². The van der Waals surface area contributed by atoms with Crippen molar-refractivity contribution >= 4 is 0 Å². The number of hydrogen-bond acceptors (Lipinski definition) is 3. The Bertz CT molecular complexity index is 547. The van der Waals surface area contributed by atoms with Crippen LogP contribution in [0.2, 0.25) is 0 Å². The van der Waals surface area contributed by atoms with Crippen LogP contribution in [-0.2, 0) is 6.54 Å². The van der Waals surface area contributed by atoms with Crippen LogP contribution in [0.1, 0.15) is 22.5 Å². The lowest BCUT2D eigenvalue weighted by Crippen LogP contribution is -2.03. The van der Waals surface area contributed by atoms with Crippen molar-refractivity contribution in [1.82, 2.24) is 9.97 Å². The fourth-order valence-corrected chi connectivity index (χ4v) is 1.88. The zero-order valence-corrected chi connectivity index (χ0v) is 10.5. The summed E-state index contributed by atoms with van der Waals surface area (Å²) in [4.78, 5) is 8.57. The summed E-state index contributed by atoms with van der Waals surface area (Å²) in [6.45, 7) is 6.71. The Morgan fingerprint density at radius 3 is 2.47 bits per heavy atom. The number of nitrogens with two attached hydrogens (primary N) is 1. The smallest absolute Gasteiger partial charge is 0.142 e. The first-order chi connectivity index (χ1) is 8.11. The number of benzene rings is 1. The van der Waals surface area contributed by atoms with E-state index in [2.05, 4.69) is 42.9 Å². The van der Waals surface area contributed by atoms with E-state index in [0.29, 0.717) is 12.4 Å². The van der Waals surface area contributed by atoms with Crippen LogP contribution in [0.4, 0.5) is 0 Å². The summed E-state index contributed by atoms with van der Waals surface area (Å²) in [7, 11) is 0. The van der Waals surface area contributed by atoms with Gasteiger partial charge in [0.25, 0.3) is 0 Å². The van der Waals surface area contributed by atoms with Gasteiger partial charge in [-0.3, -0.25) is 0 Å². The van der Waals surface area contributed by atoms with Crippen LogP contribution < -0.4 is 5.73 Å². The summed E-state index contributed by atoms with van der Waals surface area (Å²) in [5, 5.41) is 0. The Labute approximate surface area is 102 Å². The van der Waals surface area contributed by atoms with Crippen molar-refractivity contribution in [3.63, 3.8) is 0 Å². The molecule has 0 aliphatic carbocycles. The van der Waals surface area contributed by atoms with Crippen molar-refractivity contribution in [2.24, 2.45) is 5.73 Å². The molecular weight excluding hydrogens is 210 g/mol. The first-order valence-electron chi connectivity index (χ1n) is 5.72. The minimum Gasteiger partial charge on any atom is -0.324 e. The van der Waals surface area contributed by atoms with Gasteiger partial charge in [-0.1, -0.05) is 6.07 Å². The molecule has 0 saturated carbocycles. The molecule has 0 fully saturated rings. The molecule has 2 rings (SSSR count). The van der Waals surface area contributed by atoms with Gasteiger partial charge in [0.15, 0.2) is 0 Å². The van der Waals surface area contributed by atoms with Gasteiger partial charge >= 0.3 is 0 Å². The predicted octanol–water partition coefficient (Wildman–Crippen LogP) is 2.53. The van der Waals surface area contributed by atoms with E-state index in [4.69, 9.17) is 5.73 Å². The van der Waals surface area contributed by atoms with E-state index in [-0.39, 0.29) is 0 Å². The van der Waals surface area contributed by atoms with E-state index in [0.717, 1.165) is 11.3 Å². The van der Waals surface area contributed by atoms with E-state index in [1.165, 1.54) is 16.7 Å². The van der Waals surface area contributed by atoms with E-state index >= 15 is 0 Å². The Hall–Kier alpha value is -1.74. The van der Waals surface area contributed by atoms with Crippen LogP contribution in [0, 0.1) is 20.8 Å². The average Bonchev–Trinajstić information content (AvgIpc) is 2.34. The molecule has 0 spiro atoms. The quantitative estimate of drug-likeness (QED) is 0.857. The normalized spacial score (nSPS) is 10.6. The summed E-state index contributed by atoms with van der Waals surface area (Å²) in [5.41, 5.74) is 11.5. The van der Waals surface area contributed by atoms with Gasteiger partial charge in [0.05, 0.1) is 12.2 Å². The molecule has 0 amide bonds. The van der Waals surface area contributed by atoms with Crippen molar-refractivity contribution in [3.05, 3.63) is 46.9 Å². The van der Waals surface area contributed by atoms with E-state index in [1.54, 1.807) is 6.20 Å². The van der Waals surface area contributed by atoms with Crippen LogP contribution in [0.25, 0.3) is 11.3 Å². The third-order valence-corrected chi connectivity index (χ3v) is 3.00. The Balaban J connectivity index is 2.56. The fourth-order valence-electron chi connectivity index (χ4n) is 1.88. The minimum absolute atomic E-state index is 0.373. The maximum atomic E-state index is 5.56. The molecular formula is C14H17N3. The molecule has 1 heterocycles. The maximum Gasteiger partial charge on any atom is 0.142 e. The SMILES string of the molecule is Cc1cc(C)c(-c2ccnc(CN)n2)cc1C. The highest BCUT2D eigenvalue weighted by atomic mass is 14.9. The summed E-state index contributed by atoms with van der Waals surface area (Å²) in [6.07, 6.45) is 1.76. The largest absolute Gasteiger partial charge is 0.324 e. The van der Waals surface area contributed by atoms with Crippen molar-refractivity contribution in [2.75, 3.05) is 0 Å². The molecule has 3 heteroatoms. The van der Waals surface area contributed by atoms with Crippen LogP contribution in [0.15, 0.2) is 24.4 Å². The zero-order chi connectivity index (χ0) is 12.4. The van der Waals surface area contributed by atoms with E-state index in [1.807, 2.05) is 6.07 Å². The Morgan fingerprint density at radius 1 is 1.06 bits per heavy atom. The minimum atomic E-state index is 0.373. The monoisotopic (exact) mass is 227 g/mol. The molecule has 2 N–H and O–H groups in total. The average molecular weight is 227 g/mol. The zero-order valence-electron chi connectivity index (χ0n) is 10.5. The molecule has 1 aromatic heterocycles. The number of nitrogens with zero attached hydrogens (tertiary/aromatic N) is 2. The lowest BCUT2D eigenvalue weighted by atomic mass is 9.99. The Kier molecular flexibility index (Phi) is 3.20. The van der Waals surface area contributed by atoms with Crippen LogP contribution in [-0.4, -0.2) is 9.97 Å². The number of rotatable bonds is 2. The molecule has 88 valence electrons. The van der Waals surface area contributed by atoms with E-state index < -0.39 is 0 Å². The van der Waals surface area contributed by atoms with Crippen LogP contribution >= 0.6 is 0 Å². The second kappa shape index (κ2) is 4.63. The van der Waals surface area contributed by atoms with Gasteiger partial charge in [0.1, 0.15) is 5.82 Å². The number of hydrogen-bond donors (Lipinski definition) is 1. The van der Waals surface area contributed by atoms with Gasteiger partial charge in [0, 0.05) is 11.8 Å². The third-order valence-electron chi connectivity index (χ3n) is 3.00. The number of aromatic nitrogens is 2. The van der Waals surface area contributed by atoms with Crippen molar-refractivity contribution < 1.29 is 0 Å². The van der Waals surface area contributed by atoms with Crippen molar-refractivity contribution in [3.8, 4) is 11.3 Å². The van der Waals surface area contributed by atoms with Crippen LogP contribution in [0.3, 0.4) is 0 Å². The highest BCUT2D eigenvalue weighted by Crippen LogP contribution is 2.24. The molecule has 0 atom stereocenters. The fraction of sp³-hybridized carbons (Fsp3) is 0.286. The molecule has 1 aromatic carbocycles. The standard InChI is InChI=1S/C14H17N3/c1-9-6-11(3)12(7-10(9)2)13-4-5-16-14(8-15)17-13/h4-7H,8,15H2,1-3H3. The lowest BCUT2D eigenvalue weighted by molar-refractivity contribution is 0.911. The lowest BCUT2D eigenvalue weighted by Gasteiger charge is -2.09. The van der Waals surface area contributed by atoms with Gasteiger partial charge < -0.3 is 5.73 Å². The van der Waals surface area contributed by atoms with Gasteiger partial charge in [-0.05, 0) is 49.6 Å². The van der Waals surface area contributed by atoms with Crippen molar-refractivity contribution in [1.29, 1.82) is 0 Å². The summed E-state index contributed by atoms with van der Waals surface area (Å²) in [5.74, 6) is 0.681. The third kappa shape index (κ3) is 2.34.